The zero-order chi connectivity index (χ0) is 11.4. The topological polar surface area (TPSA) is 24.9 Å². The van der Waals surface area contributed by atoms with E-state index in [1.807, 2.05) is 12.3 Å². The van der Waals surface area contributed by atoms with Crippen LogP contribution in [0.4, 0.5) is 5.82 Å². The van der Waals surface area contributed by atoms with Crippen molar-refractivity contribution in [3.8, 4) is 0 Å². The number of halogens is 1. The fourth-order valence-corrected chi connectivity index (χ4v) is 2.46. The number of aromatic nitrogens is 1. The summed E-state index contributed by atoms with van der Waals surface area (Å²) in [6.07, 6.45) is 6.66. The number of alkyl halides is 1. The summed E-state index contributed by atoms with van der Waals surface area (Å²) in [7, 11) is 0. The van der Waals surface area contributed by atoms with E-state index < -0.39 is 0 Å². The van der Waals surface area contributed by atoms with Gasteiger partial charge < -0.3 is 5.32 Å². The summed E-state index contributed by atoms with van der Waals surface area (Å²) in [6, 6.07) is 4.11. The predicted molar refractivity (Wildman–Crippen MR) is 69.1 cm³/mol. The molecule has 1 aromatic rings. The van der Waals surface area contributed by atoms with Crippen molar-refractivity contribution in [1.82, 2.24) is 4.98 Å². The molecule has 3 heteroatoms. The quantitative estimate of drug-likeness (QED) is 0.814. The first-order valence-electron chi connectivity index (χ1n) is 6.04. The average Bonchev–Trinajstić information content (AvgIpc) is 2.28. The molecule has 1 heterocycles. The Bertz CT molecular complexity index is 332. The molecule has 0 unspecified atom stereocenters. The van der Waals surface area contributed by atoms with E-state index in [-0.39, 0.29) is 0 Å². The van der Waals surface area contributed by atoms with E-state index in [0.717, 1.165) is 31.1 Å². The van der Waals surface area contributed by atoms with Crippen molar-refractivity contribution in [3.05, 3.63) is 23.9 Å². The Morgan fingerprint density at radius 3 is 2.81 bits per heavy atom. The van der Waals surface area contributed by atoms with Crippen LogP contribution in [0.3, 0.4) is 0 Å². The van der Waals surface area contributed by atoms with Gasteiger partial charge in [0.15, 0.2) is 0 Å². The molecule has 2 nitrogen and oxygen atoms in total. The van der Waals surface area contributed by atoms with E-state index >= 15 is 0 Å². The molecule has 1 aliphatic carbocycles. The lowest BCUT2D eigenvalue weighted by molar-refractivity contribution is 0.377. The molecule has 2 rings (SSSR count). The molecule has 0 spiro atoms. The normalized spacial score (nSPS) is 25.4. The first-order chi connectivity index (χ1) is 7.74. The maximum Gasteiger partial charge on any atom is 0.126 e. The monoisotopic (exact) mass is 238 g/mol. The third-order valence-corrected chi connectivity index (χ3v) is 3.70. The van der Waals surface area contributed by atoms with Gasteiger partial charge in [0.1, 0.15) is 5.82 Å². The van der Waals surface area contributed by atoms with Gasteiger partial charge in [-0.2, -0.15) is 0 Å². The highest BCUT2D eigenvalue weighted by Gasteiger charge is 2.19. The summed E-state index contributed by atoms with van der Waals surface area (Å²) in [5.74, 6) is 1.75. The lowest BCUT2D eigenvalue weighted by atomic mass is 9.89. The number of aryl methyl sites for hydroxylation is 1. The lowest BCUT2D eigenvalue weighted by Crippen LogP contribution is -2.21. The minimum Gasteiger partial charge on any atom is -0.370 e. The van der Waals surface area contributed by atoms with Crippen molar-refractivity contribution < 1.29 is 0 Å². The second kappa shape index (κ2) is 5.53. The van der Waals surface area contributed by atoms with Crippen LogP contribution < -0.4 is 5.32 Å². The van der Waals surface area contributed by atoms with Gasteiger partial charge in [0, 0.05) is 18.1 Å². The van der Waals surface area contributed by atoms with Gasteiger partial charge in [-0.05, 0) is 56.2 Å². The predicted octanol–water partition coefficient (Wildman–Crippen LogP) is 3.60. The summed E-state index contributed by atoms with van der Waals surface area (Å²) in [4.78, 5) is 4.30. The number of hydrogen-bond donors (Lipinski definition) is 1. The molecule has 0 amide bonds. The Balaban J connectivity index is 1.79. The minimum atomic E-state index is 0.411. The fraction of sp³-hybridized carbons (Fsp3) is 0.615. The number of nitrogens with one attached hydrogen (secondary N) is 1. The van der Waals surface area contributed by atoms with Gasteiger partial charge in [-0.15, -0.1) is 11.6 Å². The van der Waals surface area contributed by atoms with Crippen LogP contribution in [0.1, 0.15) is 31.2 Å². The number of rotatable bonds is 3. The highest BCUT2D eigenvalue weighted by molar-refractivity contribution is 6.20. The molecule has 1 fully saturated rings. The van der Waals surface area contributed by atoms with Crippen LogP contribution in [0.15, 0.2) is 18.3 Å². The molecular formula is C13H19ClN2. The Kier molecular flexibility index (Phi) is 4.05. The van der Waals surface area contributed by atoms with Crippen LogP contribution in [0, 0.1) is 12.8 Å². The van der Waals surface area contributed by atoms with Gasteiger partial charge in [-0.25, -0.2) is 4.98 Å². The van der Waals surface area contributed by atoms with Crippen LogP contribution in [0.25, 0.3) is 0 Å². The van der Waals surface area contributed by atoms with Crippen molar-refractivity contribution in [2.75, 3.05) is 11.9 Å². The standard InChI is InChI=1S/C13H19ClN2/c1-10-6-7-15-13(8-10)16-9-11-2-4-12(14)5-3-11/h6-8,11-12H,2-5,9H2,1H3,(H,15,16). The summed E-state index contributed by atoms with van der Waals surface area (Å²) >= 11 is 6.09. The Hall–Kier alpha value is -0.760. The summed E-state index contributed by atoms with van der Waals surface area (Å²) < 4.78 is 0. The van der Waals surface area contributed by atoms with Crippen molar-refractivity contribution in [2.24, 2.45) is 5.92 Å². The van der Waals surface area contributed by atoms with E-state index in [4.69, 9.17) is 11.6 Å². The van der Waals surface area contributed by atoms with Crippen molar-refractivity contribution >= 4 is 17.4 Å². The Morgan fingerprint density at radius 2 is 2.12 bits per heavy atom. The van der Waals surface area contributed by atoms with E-state index in [0.29, 0.717) is 5.38 Å². The molecule has 0 aromatic carbocycles. The number of hydrogen-bond acceptors (Lipinski definition) is 2. The van der Waals surface area contributed by atoms with Crippen LogP contribution >= 0.6 is 11.6 Å². The molecular weight excluding hydrogens is 220 g/mol. The third-order valence-electron chi connectivity index (χ3n) is 3.26. The largest absolute Gasteiger partial charge is 0.370 e. The molecule has 0 bridgehead atoms. The minimum absolute atomic E-state index is 0.411. The van der Waals surface area contributed by atoms with Crippen molar-refractivity contribution in [1.29, 1.82) is 0 Å². The smallest absolute Gasteiger partial charge is 0.126 e. The molecule has 0 saturated heterocycles. The number of nitrogens with zero attached hydrogens (tertiary/aromatic N) is 1. The van der Waals surface area contributed by atoms with Gasteiger partial charge in [0.25, 0.3) is 0 Å². The third kappa shape index (κ3) is 3.38. The Labute approximate surface area is 102 Å². The summed E-state index contributed by atoms with van der Waals surface area (Å²) in [5.41, 5.74) is 1.25. The molecule has 0 radical (unpaired) electrons. The molecule has 0 atom stereocenters. The fourth-order valence-electron chi connectivity index (χ4n) is 2.21. The lowest BCUT2D eigenvalue weighted by Gasteiger charge is -2.25. The van der Waals surface area contributed by atoms with Gasteiger partial charge >= 0.3 is 0 Å². The SMILES string of the molecule is Cc1ccnc(NCC2CCC(Cl)CC2)c1. The van der Waals surface area contributed by atoms with Gasteiger partial charge in [0.2, 0.25) is 0 Å². The maximum absolute atomic E-state index is 6.09. The number of anilines is 1. The highest BCUT2D eigenvalue weighted by atomic mass is 35.5. The van der Waals surface area contributed by atoms with Crippen LogP contribution in [0.5, 0.6) is 0 Å². The van der Waals surface area contributed by atoms with E-state index in [9.17, 15) is 0 Å². The molecule has 88 valence electrons. The average molecular weight is 239 g/mol. The molecule has 1 aromatic heterocycles. The van der Waals surface area contributed by atoms with Crippen molar-refractivity contribution in [3.63, 3.8) is 0 Å². The second-order valence-corrected chi connectivity index (χ2v) is 5.33. The zero-order valence-corrected chi connectivity index (χ0v) is 10.5. The van der Waals surface area contributed by atoms with E-state index in [1.54, 1.807) is 0 Å². The molecule has 16 heavy (non-hydrogen) atoms. The molecule has 1 N–H and O–H groups in total. The summed E-state index contributed by atoms with van der Waals surface area (Å²) in [6.45, 7) is 3.12. The molecule has 1 saturated carbocycles. The van der Waals surface area contributed by atoms with Gasteiger partial charge in [-0.3, -0.25) is 0 Å². The molecule has 0 aliphatic heterocycles. The van der Waals surface area contributed by atoms with Crippen LogP contribution in [0.2, 0.25) is 0 Å². The van der Waals surface area contributed by atoms with E-state index in [2.05, 4.69) is 23.3 Å². The van der Waals surface area contributed by atoms with Crippen LogP contribution in [-0.4, -0.2) is 16.9 Å². The Morgan fingerprint density at radius 1 is 1.38 bits per heavy atom. The van der Waals surface area contributed by atoms with Crippen molar-refractivity contribution in [2.45, 2.75) is 38.0 Å². The van der Waals surface area contributed by atoms with Gasteiger partial charge in [-0.1, -0.05) is 0 Å². The first-order valence-corrected chi connectivity index (χ1v) is 6.48. The van der Waals surface area contributed by atoms with Crippen LogP contribution in [-0.2, 0) is 0 Å². The highest BCUT2D eigenvalue weighted by Crippen LogP contribution is 2.27. The molecule has 1 aliphatic rings. The summed E-state index contributed by atoms with van der Waals surface area (Å²) in [5, 5.41) is 3.83. The van der Waals surface area contributed by atoms with Gasteiger partial charge in [0.05, 0.1) is 0 Å². The van der Waals surface area contributed by atoms with E-state index in [1.165, 1.54) is 18.4 Å². The first kappa shape index (κ1) is 11.7. The second-order valence-electron chi connectivity index (χ2n) is 4.72. The maximum atomic E-state index is 6.09. The number of pyridine rings is 1. The zero-order valence-electron chi connectivity index (χ0n) is 9.75.